The van der Waals surface area contributed by atoms with Crippen LogP contribution in [0.5, 0.6) is 11.6 Å². The Morgan fingerprint density at radius 2 is 1.68 bits per heavy atom. The van der Waals surface area contributed by atoms with E-state index in [4.69, 9.17) is 19.2 Å². The second kappa shape index (κ2) is 8.43. The molecule has 7 nitrogen and oxygen atoms in total. The number of nitrogens with zero attached hydrogens (tertiary/aromatic N) is 5. The summed E-state index contributed by atoms with van der Waals surface area (Å²) >= 11 is 1.47. The zero-order valence-corrected chi connectivity index (χ0v) is 20.8. The van der Waals surface area contributed by atoms with Crippen LogP contribution in [0.3, 0.4) is 0 Å². The van der Waals surface area contributed by atoms with Crippen LogP contribution in [0.15, 0.2) is 107 Å². The highest BCUT2D eigenvalue weighted by Gasteiger charge is 2.34. The van der Waals surface area contributed by atoms with Crippen LogP contribution in [0.2, 0.25) is 0 Å². The van der Waals surface area contributed by atoms with Gasteiger partial charge in [-0.1, -0.05) is 90.6 Å². The number of hydrogen-bond acceptors (Lipinski definition) is 7. The van der Waals surface area contributed by atoms with Crippen molar-refractivity contribution in [2.45, 2.75) is 16.9 Å². The zero-order valence-electron chi connectivity index (χ0n) is 20.0. The molecule has 182 valence electrons. The Kier molecular flexibility index (Phi) is 4.75. The minimum absolute atomic E-state index is 0.0995. The molecule has 1 aliphatic heterocycles. The fraction of sp³-hybridized carbons (Fsp3) is 0.0667. The number of benzene rings is 4. The summed E-state index contributed by atoms with van der Waals surface area (Å²) in [5.41, 5.74) is 5.48. The predicted molar refractivity (Wildman–Crippen MR) is 146 cm³/mol. The molecule has 0 radical (unpaired) electrons. The molecule has 1 aliphatic rings. The lowest BCUT2D eigenvalue weighted by molar-refractivity contribution is 0.437. The molecule has 4 aromatic carbocycles. The Hall–Kier alpha value is -4.69. The van der Waals surface area contributed by atoms with Crippen molar-refractivity contribution in [2.24, 2.45) is 0 Å². The Morgan fingerprint density at radius 3 is 2.61 bits per heavy atom. The largest absolute Gasteiger partial charge is 0.438 e. The van der Waals surface area contributed by atoms with E-state index >= 15 is 0 Å². The van der Waals surface area contributed by atoms with Gasteiger partial charge in [0.25, 0.3) is 5.22 Å². The van der Waals surface area contributed by atoms with E-state index in [1.807, 2.05) is 42.5 Å². The van der Waals surface area contributed by atoms with Crippen LogP contribution >= 0.6 is 11.8 Å². The summed E-state index contributed by atoms with van der Waals surface area (Å²) in [7, 11) is 0. The van der Waals surface area contributed by atoms with Crippen molar-refractivity contribution in [2.75, 3.05) is 0 Å². The van der Waals surface area contributed by atoms with Crippen molar-refractivity contribution < 1.29 is 9.15 Å². The Labute approximate surface area is 221 Å². The smallest absolute Gasteiger partial charge is 0.257 e. The topological polar surface area (TPSA) is 78.3 Å². The van der Waals surface area contributed by atoms with Crippen LogP contribution in [-0.4, -0.2) is 24.6 Å². The number of para-hydroxylation sites is 2. The molecule has 3 aromatic heterocycles. The van der Waals surface area contributed by atoms with Crippen molar-refractivity contribution >= 4 is 39.3 Å². The monoisotopic (exact) mass is 513 g/mol. The van der Waals surface area contributed by atoms with Crippen LogP contribution in [0, 0.1) is 0 Å². The normalized spacial score (nSPS) is 14.5. The first kappa shape index (κ1) is 21.4. The van der Waals surface area contributed by atoms with Gasteiger partial charge in [-0.25, -0.2) is 19.5 Å². The van der Waals surface area contributed by atoms with Gasteiger partial charge in [-0.2, -0.15) is 0 Å². The molecule has 0 bridgehead atoms. The summed E-state index contributed by atoms with van der Waals surface area (Å²) in [5.74, 6) is 2.48. The average Bonchev–Trinajstić information content (AvgIpc) is 3.59. The maximum Gasteiger partial charge on any atom is 0.257 e. The first-order chi connectivity index (χ1) is 18.8. The highest BCUT2D eigenvalue weighted by molar-refractivity contribution is 7.98. The fourth-order valence-corrected chi connectivity index (χ4v) is 5.87. The first-order valence-corrected chi connectivity index (χ1v) is 13.3. The number of fused-ring (bicyclic) bond motifs is 7. The van der Waals surface area contributed by atoms with Crippen LogP contribution in [0.1, 0.15) is 28.4 Å². The van der Waals surface area contributed by atoms with Crippen molar-refractivity contribution in [3.63, 3.8) is 0 Å². The van der Waals surface area contributed by atoms with Gasteiger partial charge >= 0.3 is 0 Å². The number of thioether (sulfide) groups is 1. The molecule has 7 aromatic rings. The van der Waals surface area contributed by atoms with Gasteiger partial charge in [0, 0.05) is 16.9 Å². The van der Waals surface area contributed by atoms with E-state index in [1.54, 1.807) is 10.8 Å². The summed E-state index contributed by atoms with van der Waals surface area (Å²) in [6.45, 7) is 0. The second-order valence-corrected chi connectivity index (χ2v) is 10.1. The molecule has 0 unspecified atom stereocenters. The number of ether oxygens (including phenoxy) is 1. The number of rotatable bonds is 4. The number of aromatic nitrogens is 5. The molecule has 8 rings (SSSR count). The molecular formula is C30H19N5O2S. The van der Waals surface area contributed by atoms with E-state index in [-0.39, 0.29) is 5.92 Å². The van der Waals surface area contributed by atoms with Crippen molar-refractivity contribution in [1.82, 2.24) is 24.6 Å². The Balaban J connectivity index is 1.24. The lowest BCUT2D eigenvalue weighted by Crippen LogP contribution is -2.15. The quantitative estimate of drug-likeness (QED) is 0.235. The highest BCUT2D eigenvalue weighted by Crippen LogP contribution is 2.50. The lowest BCUT2D eigenvalue weighted by Gasteiger charge is -2.28. The molecule has 4 heterocycles. The number of hydrogen-bond donors (Lipinski definition) is 0. The summed E-state index contributed by atoms with van der Waals surface area (Å²) in [6, 6.07) is 30.8. The summed E-state index contributed by atoms with van der Waals surface area (Å²) in [4.78, 5) is 14.2. The maximum atomic E-state index is 6.50. The highest BCUT2D eigenvalue weighted by atomic mass is 32.2. The zero-order chi connectivity index (χ0) is 25.1. The Morgan fingerprint density at radius 1 is 0.842 bits per heavy atom. The average molecular weight is 514 g/mol. The molecule has 8 heteroatoms. The first-order valence-electron chi connectivity index (χ1n) is 12.3. The molecule has 0 spiro atoms. The van der Waals surface area contributed by atoms with E-state index in [9.17, 15) is 0 Å². The van der Waals surface area contributed by atoms with Gasteiger partial charge < -0.3 is 9.15 Å². The third kappa shape index (κ3) is 3.38. The second-order valence-electron chi connectivity index (χ2n) is 9.15. The summed E-state index contributed by atoms with van der Waals surface area (Å²) in [5, 5.41) is 7.51. The minimum Gasteiger partial charge on any atom is -0.438 e. The third-order valence-electron chi connectivity index (χ3n) is 6.87. The van der Waals surface area contributed by atoms with E-state index < -0.39 is 0 Å². The van der Waals surface area contributed by atoms with Gasteiger partial charge in [0.2, 0.25) is 5.88 Å². The molecule has 0 aliphatic carbocycles. The molecular weight excluding hydrogens is 494 g/mol. The van der Waals surface area contributed by atoms with Crippen LogP contribution in [0.25, 0.3) is 27.5 Å². The maximum absolute atomic E-state index is 6.50. The van der Waals surface area contributed by atoms with Crippen LogP contribution in [0.4, 0.5) is 0 Å². The molecule has 38 heavy (non-hydrogen) atoms. The van der Waals surface area contributed by atoms with Crippen molar-refractivity contribution in [1.29, 1.82) is 0 Å². The summed E-state index contributed by atoms with van der Waals surface area (Å²) in [6.07, 6.45) is 1.67. The van der Waals surface area contributed by atoms with Crippen LogP contribution in [-0.2, 0) is 5.75 Å². The number of oxazole rings is 1. The van der Waals surface area contributed by atoms with Crippen LogP contribution < -0.4 is 4.74 Å². The molecule has 0 saturated carbocycles. The fourth-order valence-electron chi connectivity index (χ4n) is 5.18. The van der Waals surface area contributed by atoms with E-state index in [0.29, 0.717) is 22.7 Å². The molecule has 1 atom stereocenters. The molecule has 0 saturated heterocycles. The van der Waals surface area contributed by atoms with Gasteiger partial charge in [0.15, 0.2) is 17.1 Å². The van der Waals surface area contributed by atoms with E-state index in [0.717, 1.165) is 50.0 Å². The van der Waals surface area contributed by atoms with Gasteiger partial charge in [-0.05, 0) is 23.1 Å². The molecule has 0 amide bonds. The van der Waals surface area contributed by atoms with Crippen molar-refractivity contribution in [3.05, 3.63) is 120 Å². The lowest BCUT2D eigenvalue weighted by atomic mass is 9.83. The van der Waals surface area contributed by atoms with Gasteiger partial charge in [-0.3, -0.25) is 0 Å². The van der Waals surface area contributed by atoms with E-state index in [1.165, 1.54) is 11.8 Å². The van der Waals surface area contributed by atoms with Crippen molar-refractivity contribution in [3.8, 4) is 11.6 Å². The minimum atomic E-state index is -0.0995. The van der Waals surface area contributed by atoms with Gasteiger partial charge in [0.1, 0.15) is 17.6 Å². The third-order valence-corrected chi connectivity index (χ3v) is 7.70. The van der Waals surface area contributed by atoms with Gasteiger partial charge in [-0.15, -0.1) is 5.10 Å². The Bertz CT molecular complexity index is 1950. The SMILES string of the molecule is c1ccc([C@@H]2c3ccc4ccccc4c3Oc3ncn4nc(CSc5nc6ccccc6o5)nc4c32)cc1. The molecule has 0 N–H and O–H groups in total. The van der Waals surface area contributed by atoms with Gasteiger partial charge in [0.05, 0.1) is 11.3 Å². The molecule has 0 fully saturated rings. The predicted octanol–water partition coefficient (Wildman–Crippen LogP) is 7.00. The standard InChI is InChI=1S/C30H19N5O2S/c1-2-9-19(10-3-1)25-21-15-14-18-8-4-5-11-20(18)27(21)37-29-26(25)28-33-24(34-35(28)17-31-29)16-38-30-32-22-12-6-7-13-23(22)36-30/h1-15,17,25H,16H2/t25-/m1/s1. The van der Waals surface area contributed by atoms with E-state index in [2.05, 4.69) is 58.5 Å². The summed E-state index contributed by atoms with van der Waals surface area (Å²) < 4.78 is 14.1.